The predicted molar refractivity (Wildman–Crippen MR) is 111 cm³/mol. The third-order valence-corrected chi connectivity index (χ3v) is 7.05. The van der Waals surface area contributed by atoms with Crippen molar-refractivity contribution in [2.24, 2.45) is 0 Å². The average Bonchev–Trinajstić information content (AvgIpc) is 3.34. The van der Waals surface area contributed by atoms with Crippen LogP contribution in [0.25, 0.3) is 10.9 Å². The van der Waals surface area contributed by atoms with Gasteiger partial charge in [0.1, 0.15) is 24.1 Å². The molecule has 3 aliphatic heterocycles. The molecule has 0 spiro atoms. The van der Waals surface area contributed by atoms with Gasteiger partial charge >= 0.3 is 6.01 Å². The van der Waals surface area contributed by atoms with E-state index in [4.69, 9.17) is 23.8 Å². The van der Waals surface area contributed by atoms with E-state index >= 15 is 0 Å². The first-order valence-electron chi connectivity index (χ1n) is 11.8. The van der Waals surface area contributed by atoms with E-state index in [-0.39, 0.29) is 41.8 Å². The maximum absolute atomic E-state index is 15.0. The van der Waals surface area contributed by atoms with Crippen LogP contribution in [0.5, 0.6) is 6.01 Å². The molecule has 0 radical (unpaired) electrons. The van der Waals surface area contributed by atoms with Crippen LogP contribution in [0.2, 0.25) is 5.15 Å². The predicted octanol–water partition coefficient (Wildman–Crippen LogP) is 3.14. The third-order valence-electron chi connectivity index (χ3n) is 6.78. The summed E-state index contributed by atoms with van der Waals surface area (Å²) in [7, 11) is 0. The van der Waals surface area contributed by atoms with Gasteiger partial charge in [-0.15, -0.1) is 0 Å². The minimum absolute atomic E-state index is 0.0394. The second-order valence-corrected chi connectivity index (χ2v) is 9.16. The molecule has 4 aliphatic rings. The van der Waals surface area contributed by atoms with Crippen LogP contribution in [-0.2, 0) is 4.74 Å². The van der Waals surface area contributed by atoms with Crippen molar-refractivity contribution in [2.75, 3.05) is 37.7 Å². The molecular weight excluding hydrogens is 428 g/mol. The molecule has 31 heavy (non-hydrogen) atoms. The number of anilines is 1. The van der Waals surface area contributed by atoms with Crippen LogP contribution in [-0.4, -0.2) is 76.5 Å². The number of hydrogen-bond donors (Lipinski definition) is 0. The van der Waals surface area contributed by atoms with Crippen LogP contribution < -0.4 is 9.64 Å². The summed E-state index contributed by atoms with van der Waals surface area (Å²) in [5.74, 6) is -0.394. The molecule has 1 aliphatic carbocycles. The van der Waals surface area contributed by atoms with Gasteiger partial charge in [0.25, 0.3) is 0 Å². The Morgan fingerprint density at radius 1 is 1.35 bits per heavy atom. The molecular formula is C21H24ClF2N5O2. The fraction of sp³-hybridized carbons (Fsp3) is 0.667. The van der Waals surface area contributed by atoms with Crippen molar-refractivity contribution in [3.05, 3.63) is 17.2 Å². The Balaban J connectivity index is 1.43. The molecule has 4 fully saturated rings. The topological polar surface area (TPSA) is 63.6 Å². The first kappa shape index (κ1) is 17.7. The van der Waals surface area contributed by atoms with Crippen LogP contribution >= 0.6 is 11.6 Å². The highest BCUT2D eigenvalue weighted by Crippen LogP contribution is 2.42. The molecule has 0 aromatic carbocycles. The number of halogens is 3. The highest BCUT2D eigenvalue weighted by atomic mass is 35.5. The molecule has 6 rings (SSSR count). The summed E-state index contributed by atoms with van der Waals surface area (Å²) in [5, 5.41) is 0.0453. The zero-order valence-corrected chi connectivity index (χ0v) is 17.6. The fourth-order valence-electron chi connectivity index (χ4n) is 5.23. The lowest BCUT2D eigenvalue weighted by molar-refractivity contribution is 0.107. The molecule has 4 atom stereocenters. The Morgan fingerprint density at radius 2 is 2.26 bits per heavy atom. The molecule has 0 bridgehead atoms. The summed E-state index contributed by atoms with van der Waals surface area (Å²) in [4.78, 5) is 16.5. The Hall–Kier alpha value is -1.84. The SMILES string of the molecule is [2H]C([2H])(Oc1nc(N2CCCO[C@@H]3C[C@@H]32)c2cnc(Cl)c(F)c2n1)[C@@]12CCCN1C[C@H](F)C2. The Morgan fingerprint density at radius 3 is 3.16 bits per heavy atom. The standard InChI is InChI=1S/C21H24ClF2N5O2/c22-18-16(24)17-13(9-25-18)19(29-5-2-6-30-15-7-14(15)29)27-20(26-17)31-11-21-3-1-4-28(21)10-12(23)8-21/h9,12,14-15H,1-8,10-11H2/t12-,14+,15-,21+/m1/s1/i11D2. The Bertz CT molecular complexity index is 1110. The number of rotatable bonds is 4. The summed E-state index contributed by atoms with van der Waals surface area (Å²) in [5.41, 5.74) is -1.18. The Labute approximate surface area is 186 Å². The quantitative estimate of drug-likeness (QED) is 0.659. The van der Waals surface area contributed by atoms with Gasteiger partial charge < -0.3 is 14.4 Å². The van der Waals surface area contributed by atoms with E-state index in [0.29, 0.717) is 37.3 Å². The van der Waals surface area contributed by atoms with Gasteiger partial charge in [-0.25, -0.2) is 13.8 Å². The zero-order chi connectivity index (χ0) is 23.0. The van der Waals surface area contributed by atoms with Crippen LogP contribution in [0.15, 0.2) is 6.20 Å². The second-order valence-electron chi connectivity index (χ2n) is 8.80. The van der Waals surface area contributed by atoms with E-state index in [1.165, 1.54) is 6.20 Å². The van der Waals surface area contributed by atoms with E-state index in [1.54, 1.807) is 0 Å². The van der Waals surface area contributed by atoms with E-state index in [0.717, 1.165) is 19.3 Å². The number of alkyl halides is 1. The van der Waals surface area contributed by atoms with Crippen LogP contribution in [0.3, 0.4) is 0 Å². The molecule has 2 aromatic heterocycles. The van der Waals surface area contributed by atoms with Crippen LogP contribution in [0.1, 0.15) is 34.8 Å². The third kappa shape index (κ3) is 3.32. The lowest BCUT2D eigenvalue weighted by Gasteiger charge is -2.31. The fourth-order valence-corrected chi connectivity index (χ4v) is 5.37. The molecule has 10 heteroatoms. The van der Waals surface area contributed by atoms with Gasteiger partial charge in [-0.2, -0.15) is 9.97 Å². The molecule has 5 heterocycles. The van der Waals surface area contributed by atoms with Gasteiger partial charge in [0.05, 0.1) is 25.8 Å². The van der Waals surface area contributed by atoms with Gasteiger partial charge in [-0.1, -0.05) is 11.6 Å². The lowest BCUT2D eigenvalue weighted by Crippen LogP contribution is -2.43. The monoisotopic (exact) mass is 453 g/mol. The van der Waals surface area contributed by atoms with Crippen molar-refractivity contribution < 1.29 is 21.0 Å². The summed E-state index contributed by atoms with van der Waals surface area (Å²) < 4.78 is 58.3. The number of ether oxygens (including phenoxy) is 2. The molecule has 2 aromatic rings. The van der Waals surface area contributed by atoms with E-state index in [9.17, 15) is 8.78 Å². The molecule has 0 unspecified atom stereocenters. The molecule has 3 saturated heterocycles. The molecule has 1 saturated carbocycles. The van der Waals surface area contributed by atoms with E-state index < -0.39 is 24.1 Å². The number of fused-ring (bicyclic) bond motifs is 3. The zero-order valence-electron chi connectivity index (χ0n) is 18.9. The molecule has 7 nitrogen and oxygen atoms in total. The lowest BCUT2D eigenvalue weighted by atomic mass is 9.95. The number of pyridine rings is 1. The van der Waals surface area contributed by atoms with Crippen molar-refractivity contribution in [3.63, 3.8) is 0 Å². The van der Waals surface area contributed by atoms with Gasteiger partial charge in [-0.05, 0) is 32.2 Å². The second kappa shape index (κ2) is 7.35. The van der Waals surface area contributed by atoms with Crippen molar-refractivity contribution in [1.82, 2.24) is 19.9 Å². The average molecular weight is 454 g/mol. The highest BCUT2D eigenvalue weighted by Gasteiger charge is 2.49. The van der Waals surface area contributed by atoms with Crippen LogP contribution in [0, 0.1) is 5.82 Å². The first-order chi connectivity index (χ1) is 15.8. The number of hydrogen-bond acceptors (Lipinski definition) is 7. The molecule has 0 amide bonds. The Kier molecular flexibility index (Phi) is 4.19. The van der Waals surface area contributed by atoms with Crippen molar-refractivity contribution >= 4 is 28.3 Å². The van der Waals surface area contributed by atoms with Crippen molar-refractivity contribution in [1.29, 1.82) is 0 Å². The minimum atomic E-state index is -2.27. The summed E-state index contributed by atoms with van der Waals surface area (Å²) in [6.07, 6.45) is 3.27. The summed E-state index contributed by atoms with van der Waals surface area (Å²) in [6.45, 7) is -0.204. The van der Waals surface area contributed by atoms with Gasteiger partial charge in [0.15, 0.2) is 11.0 Å². The molecule has 0 N–H and O–H groups in total. The maximum atomic E-state index is 15.0. The largest absolute Gasteiger partial charge is 0.461 e. The van der Waals surface area contributed by atoms with E-state index in [1.807, 2.05) is 9.80 Å². The number of nitrogens with zero attached hydrogens (tertiary/aromatic N) is 5. The van der Waals surface area contributed by atoms with Crippen molar-refractivity contribution in [3.8, 4) is 6.01 Å². The van der Waals surface area contributed by atoms with Gasteiger partial charge in [0.2, 0.25) is 0 Å². The normalized spacial score (nSPS) is 34.2. The number of aromatic nitrogens is 3. The minimum Gasteiger partial charge on any atom is -0.461 e. The summed E-state index contributed by atoms with van der Waals surface area (Å²) >= 11 is 5.92. The van der Waals surface area contributed by atoms with Gasteiger partial charge in [-0.3, -0.25) is 4.90 Å². The smallest absolute Gasteiger partial charge is 0.319 e. The van der Waals surface area contributed by atoms with Crippen LogP contribution in [0.4, 0.5) is 14.6 Å². The van der Waals surface area contributed by atoms with Crippen molar-refractivity contribution in [2.45, 2.75) is 56.0 Å². The van der Waals surface area contributed by atoms with Gasteiger partial charge in [0, 0.05) is 32.3 Å². The van der Waals surface area contributed by atoms with E-state index in [2.05, 4.69) is 15.0 Å². The maximum Gasteiger partial charge on any atom is 0.319 e. The first-order valence-corrected chi connectivity index (χ1v) is 11.1. The molecule has 166 valence electrons. The highest BCUT2D eigenvalue weighted by molar-refractivity contribution is 6.30. The summed E-state index contributed by atoms with van der Waals surface area (Å²) in [6, 6.07) is -0.199.